The van der Waals surface area contributed by atoms with Gasteiger partial charge in [0.25, 0.3) is 5.91 Å². The third kappa shape index (κ3) is 4.69. The highest BCUT2D eigenvalue weighted by Crippen LogP contribution is 2.33. The maximum Gasteiger partial charge on any atom is 0.266 e. The Kier molecular flexibility index (Phi) is 6.08. The van der Waals surface area contributed by atoms with E-state index in [1.165, 1.54) is 17.6 Å². The SMILES string of the molecule is CC(C)(Oc1ccc(Cl)cc1)C(=O)N1CCN(c2nc3c(S(C)(=O)=O)cccc3s2)CC1. The van der Waals surface area contributed by atoms with E-state index in [9.17, 15) is 13.2 Å². The summed E-state index contributed by atoms with van der Waals surface area (Å²) in [5, 5.41) is 1.37. The predicted octanol–water partition coefficient (Wildman–Crippen LogP) is 3.86. The van der Waals surface area contributed by atoms with Gasteiger partial charge >= 0.3 is 0 Å². The fraction of sp³-hybridized carbons (Fsp3) is 0.364. The number of sulfone groups is 1. The zero-order valence-corrected chi connectivity index (χ0v) is 20.4. The number of thiazole rings is 1. The van der Waals surface area contributed by atoms with Gasteiger partial charge in [-0.2, -0.15) is 0 Å². The molecule has 0 aliphatic carbocycles. The maximum absolute atomic E-state index is 13.1. The van der Waals surface area contributed by atoms with Gasteiger partial charge in [-0.3, -0.25) is 4.79 Å². The zero-order valence-electron chi connectivity index (χ0n) is 18.0. The third-order valence-corrected chi connectivity index (χ3v) is 7.77. The number of hydrogen-bond donors (Lipinski definition) is 0. The summed E-state index contributed by atoms with van der Waals surface area (Å²) in [7, 11) is -3.36. The third-order valence-electron chi connectivity index (χ3n) is 5.31. The van der Waals surface area contributed by atoms with Crippen LogP contribution in [-0.2, 0) is 14.6 Å². The second kappa shape index (κ2) is 8.53. The van der Waals surface area contributed by atoms with Crippen LogP contribution < -0.4 is 9.64 Å². The Bertz CT molecular complexity index is 1250. The van der Waals surface area contributed by atoms with Crippen LogP contribution in [0.2, 0.25) is 5.02 Å². The van der Waals surface area contributed by atoms with Gasteiger partial charge in [0.05, 0.1) is 9.60 Å². The molecule has 3 aromatic rings. The van der Waals surface area contributed by atoms with Gasteiger partial charge in [-0.1, -0.05) is 29.0 Å². The number of hydrogen-bond acceptors (Lipinski definition) is 7. The van der Waals surface area contributed by atoms with Gasteiger partial charge in [-0.15, -0.1) is 0 Å². The number of carbonyl (C=O) groups is 1. The quantitative estimate of drug-likeness (QED) is 0.537. The van der Waals surface area contributed by atoms with Crippen molar-refractivity contribution in [3.8, 4) is 5.75 Å². The summed E-state index contributed by atoms with van der Waals surface area (Å²) in [5.41, 5.74) is -0.512. The monoisotopic (exact) mass is 493 g/mol. The zero-order chi connectivity index (χ0) is 23.1. The van der Waals surface area contributed by atoms with Crippen molar-refractivity contribution in [1.29, 1.82) is 0 Å². The fourth-order valence-corrected chi connectivity index (χ4v) is 5.74. The summed E-state index contributed by atoms with van der Waals surface area (Å²) in [6.07, 6.45) is 1.19. The summed E-state index contributed by atoms with van der Waals surface area (Å²) in [4.78, 5) is 21.8. The number of anilines is 1. The Morgan fingerprint density at radius 2 is 1.75 bits per heavy atom. The molecule has 0 saturated carbocycles. The van der Waals surface area contributed by atoms with Gasteiger partial charge < -0.3 is 14.5 Å². The number of amides is 1. The van der Waals surface area contributed by atoms with E-state index >= 15 is 0 Å². The first kappa shape index (κ1) is 22.8. The minimum atomic E-state index is -3.36. The number of halogens is 1. The first-order chi connectivity index (χ1) is 15.0. The van der Waals surface area contributed by atoms with Crippen molar-refractivity contribution in [3.63, 3.8) is 0 Å². The Balaban J connectivity index is 1.44. The molecule has 1 amide bonds. The van der Waals surface area contributed by atoms with Crippen molar-refractivity contribution in [2.45, 2.75) is 24.3 Å². The highest BCUT2D eigenvalue weighted by molar-refractivity contribution is 7.91. The van der Waals surface area contributed by atoms with Crippen molar-refractivity contribution < 1.29 is 17.9 Å². The topological polar surface area (TPSA) is 79.8 Å². The number of ether oxygens (including phenoxy) is 1. The summed E-state index contributed by atoms with van der Waals surface area (Å²) in [5.74, 6) is 0.498. The van der Waals surface area contributed by atoms with Crippen LogP contribution in [0.5, 0.6) is 5.75 Å². The number of rotatable bonds is 5. The van der Waals surface area contributed by atoms with E-state index in [0.717, 1.165) is 9.83 Å². The van der Waals surface area contributed by atoms with Crippen molar-refractivity contribution in [2.75, 3.05) is 37.3 Å². The van der Waals surface area contributed by atoms with Crippen molar-refractivity contribution in [1.82, 2.24) is 9.88 Å². The second-order valence-corrected chi connectivity index (χ2v) is 11.6. The van der Waals surface area contributed by atoms with Crippen LogP contribution in [0.15, 0.2) is 47.4 Å². The molecule has 10 heteroatoms. The van der Waals surface area contributed by atoms with Crippen molar-refractivity contribution >= 4 is 54.0 Å². The molecule has 32 heavy (non-hydrogen) atoms. The predicted molar refractivity (Wildman–Crippen MR) is 128 cm³/mol. The van der Waals surface area contributed by atoms with Crippen LogP contribution in [0.4, 0.5) is 5.13 Å². The largest absolute Gasteiger partial charge is 0.478 e. The van der Waals surface area contributed by atoms with Gasteiger partial charge in [0.15, 0.2) is 20.6 Å². The minimum Gasteiger partial charge on any atom is -0.478 e. The van der Waals surface area contributed by atoms with Gasteiger partial charge in [0.2, 0.25) is 0 Å². The second-order valence-electron chi connectivity index (χ2n) is 8.22. The molecule has 0 N–H and O–H groups in total. The van der Waals surface area contributed by atoms with E-state index in [0.29, 0.717) is 42.5 Å². The van der Waals surface area contributed by atoms with Crippen LogP contribution in [0.3, 0.4) is 0 Å². The van der Waals surface area contributed by atoms with Crippen LogP contribution in [0, 0.1) is 0 Å². The molecule has 0 radical (unpaired) electrons. The lowest BCUT2D eigenvalue weighted by Gasteiger charge is -2.38. The Labute approximate surface area is 196 Å². The Hall–Kier alpha value is -2.36. The van der Waals surface area contributed by atoms with E-state index in [-0.39, 0.29) is 10.8 Å². The summed E-state index contributed by atoms with van der Waals surface area (Å²) in [6, 6.07) is 12.1. The molecule has 1 aliphatic heterocycles. The number of para-hydroxylation sites is 1. The lowest BCUT2D eigenvalue weighted by atomic mass is 10.1. The molecule has 1 aromatic heterocycles. The van der Waals surface area contributed by atoms with Gasteiger partial charge in [0, 0.05) is 37.5 Å². The Morgan fingerprint density at radius 3 is 2.38 bits per heavy atom. The first-order valence-electron chi connectivity index (χ1n) is 10.1. The molecule has 2 heterocycles. The maximum atomic E-state index is 13.1. The molecule has 4 rings (SSSR count). The van der Waals surface area contributed by atoms with Crippen molar-refractivity contribution in [3.05, 3.63) is 47.5 Å². The molecular weight excluding hydrogens is 470 g/mol. The molecule has 0 spiro atoms. The van der Waals surface area contributed by atoms with E-state index in [1.807, 2.05) is 6.07 Å². The molecule has 1 saturated heterocycles. The molecular formula is C22H24ClN3O4S2. The average molecular weight is 494 g/mol. The summed E-state index contributed by atoms with van der Waals surface area (Å²) < 4.78 is 30.9. The van der Waals surface area contributed by atoms with Gasteiger partial charge in [-0.25, -0.2) is 13.4 Å². The number of piperazine rings is 1. The van der Waals surface area contributed by atoms with Crippen molar-refractivity contribution in [2.24, 2.45) is 0 Å². The van der Waals surface area contributed by atoms with Crippen LogP contribution in [-0.4, -0.2) is 62.2 Å². The molecule has 7 nitrogen and oxygen atoms in total. The van der Waals surface area contributed by atoms with E-state index in [4.69, 9.17) is 16.3 Å². The average Bonchev–Trinajstić information content (AvgIpc) is 3.18. The van der Waals surface area contributed by atoms with E-state index in [2.05, 4.69) is 9.88 Å². The highest BCUT2D eigenvalue weighted by atomic mass is 35.5. The lowest BCUT2D eigenvalue weighted by Crippen LogP contribution is -2.55. The van der Waals surface area contributed by atoms with Gasteiger partial charge in [0.1, 0.15) is 11.3 Å². The molecule has 1 aliphatic rings. The standard InChI is InChI=1S/C22H24ClN3O4S2/c1-22(2,30-16-9-7-15(23)8-10-16)20(27)25-11-13-26(14-12-25)21-24-19-17(31-21)5-4-6-18(19)32(3,28)29/h4-10H,11-14H2,1-3H3. The summed E-state index contributed by atoms with van der Waals surface area (Å²) >= 11 is 7.38. The molecule has 0 bridgehead atoms. The molecule has 2 aromatic carbocycles. The van der Waals surface area contributed by atoms with Gasteiger partial charge in [-0.05, 0) is 50.2 Å². The number of benzene rings is 2. The Morgan fingerprint density at radius 1 is 1.09 bits per heavy atom. The number of carbonyl (C=O) groups excluding carboxylic acids is 1. The number of fused-ring (bicyclic) bond motifs is 1. The number of aromatic nitrogens is 1. The fourth-order valence-electron chi connectivity index (χ4n) is 3.67. The van der Waals surface area contributed by atoms with E-state index < -0.39 is 15.4 Å². The van der Waals surface area contributed by atoms with E-state index in [1.54, 1.807) is 55.1 Å². The lowest BCUT2D eigenvalue weighted by molar-refractivity contribution is -0.145. The van der Waals surface area contributed by atoms with Crippen LogP contribution >= 0.6 is 22.9 Å². The van der Waals surface area contributed by atoms with Crippen LogP contribution in [0.25, 0.3) is 10.2 Å². The normalized spacial score (nSPS) is 15.2. The molecule has 170 valence electrons. The first-order valence-corrected chi connectivity index (χ1v) is 13.2. The summed E-state index contributed by atoms with van der Waals surface area (Å²) in [6.45, 7) is 5.79. The van der Waals surface area contributed by atoms with Crippen LogP contribution in [0.1, 0.15) is 13.8 Å². The molecule has 0 unspecified atom stereocenters. The minimum absolute atomic E-state index is 0.0873. The molecule has 1 fully saturated rings. The smallest absolute Gasteiger partial charge is 0.266 e. The number of nitrogens with zero attached hydrogens (tertiary/aromatic N) is 3. The molecule has 0 atom stereocenters. The highest BCUT2D eigenvalue weighted by Gasteiger charge is 2.36.